The fourth-order valence-corrected chi connectivity index (χ4v) is 4.13. The van der Waals surface area contributed by atoms with Gasteiger partial charge in [0.25, 0.3) is 5.70 Å². The van der Waals surface area contributed by atoms with E-state index in [1.54, 1.807) is 54.5 Å². The Kier molecular flexibility index (Phi) is 23.7. The van der Waals surface area contributed by atoms with Crippen LogP contribution in [0.5, 0.6) is 0 Å². The van der Waals surface area contributed by atoms with E-state index in [9.17, 15) is 19.8 Å². The lowest BCUT2D eigenvalue weighted by Crippen LogP contribution is -2.49. The van der Waals surface area contributed by atoms with E-state index in [-0.39, 0.29) is 24.6 Å². The number of allylic oxidation sites excluding steroid dienone is 1. The number of hydrogen-bond acceptors (Lipinski definition) is 10. The minimum Gasteiger partial charge on any atom is -0.505 e. The smallest absolute Gasteiger partial charge is 0.505 e. The molecule has 0 aliphatic carbocycles. The molecular weight excluding hydrogens is 704 g/mol. The third-order valence-electron chi connectivity index (χ3n) is 6.56. The molecule has 15 heteroatoms. The van der Waals surface area contributed by atoms with Crippen LogP contribution in [0.15, 0.2) is 84.6 Å². The van der Waals surface area contributed by atoms with Gasteiger partial charge in [0.1, 0.15) is 24.3 Å². The monoisotopic (exact) mass is 758 g/mol. The summed E-state index contributed by atoms with van der Waals surface area (Å²) in [5, 5.41) is 37.2. The third kappa shape index (κ3) is 24.7. The summed E-state index contributed by atoms with van der Waals surface area (Å²) in [6.45, 7) is 32.7. The van der Waals surface area contributed by atoms with Gasteiger partial charge in [0.15, 0.2) is 6.26 Å². The molecule has 0 aliphatic heterocycles. The fourth-order valence-electron chi connectivity index (χ4n) is 4.13. The molecule has 0 saturated carbocycles. The summed E-state index contributed by atoms with van der Waals surface area (Å²) in [5.74, 6) is -0.0307. The van der Waals surface area contributed by atoms with Gasteiger partial charge in [0, 0.05) is 19.3 Å². The molecule has 4 atom stereocenters. The summed E-state index contributed by atoms with van der Waals surface area (Å²) in [6, 6.07) is 19.7. The van der Waals surface area contributed by atoms with Gasteiger partial charge in [-0.25, -0.2) is 19.7 Å². The topological polar surface area (TPSA) is 201 Å². The van der Waals surface area contributed by atoms with Crippen LogP contribution < -0.4 is 21.7 Å². The Bertz CT molecular complexity index is 1630. The largest absolute Gasteiger partial charge is 0.554 e. The van der Waals surface area contributed by atoms with Crippen LogP contribution in [-0.2, 0) is 27.1 Å². The third-order valence-corrected chi connectivity index (χ3v) is 6.56. The minimum absolute atomic E-state index is 0.0307. The number of rotatable bonds is 14. The molecule has 15 nitrogen and oxygen atoms in total. The van der Waals surface area contributed by atoms with Crippen LogP contribution in [0.3, 0.4) is 0 Å². The fraction of sp³-hybridized carbons (Fsp3) is 0.450. The second kappa shape index (κ2) is 26.6. The van der Waals surface area contributed by atoms with Crippen LogP contribution in [-0.4, -0.2) is 77.6 Å². The number of nitrogens with two attached hydrogens (primary N) is 1. The first-order valence-corrected chi connectivity index (χ1v) is 17.3. The van der Waals surface area contributed by atoms with Gasteiger partial charge in [-0.1, -0.05) is 60.7 Å². The second-order valence-corrected chi connectivity index (χ2v) is 13.6. The molecule has 0 fully saturated rings. The van der Waals surface area contributed by atoms with E-state index in [4.69, 9.17) is 40.2 Å². The highest BCUT2D eigenvalue weighted by atomic mass is 16.6. The number of carbonyl (C=O) groups excluding carboxylic acids is 2. The molecule has 296 valence electrons. The van der Waals surface area contributed by atoms with Gasteiger partial charge in [-0.15, -0.1) is 0 Å². The van der Waals surface area contributed by atoms with Gasteiger partial charge in [0.05, 0.1) is 43.5 Å². The van der Waals surface area contributed by atoms with E-state index in [0.29, 0.717) is 19.4 Å². The molecule has 0 spiro atoms. The van der Waals surface area contributed by atoms with Crippen molar-refractivity contribution in [3.63, 3.8) is 0 Å². The first kappa shape index (κ1) is 48.9. The number of carbonyl (C=O) groups is 2. The summed E-state index contributed by atoms with van der Waals surface area (Å²) in [6.07, 6.45) is 0.368. The zero-order chi connectivity index (χ0) is 41.9. The quantitative estimate of drug-likeness (QED) is 0.0817. The van der Waals surface area contributed by atoms with Crippen molar-refractivity contribution in [2.45, 2.75) is 96.8 Å². The maximum absolute atomic E-state index is 12.1. The van der Waals surface area contributed by atoms with Gasteiger partial charge in [-0.2, -0.15) is 9.69 Å². The molecule has 2 aromatic rings. The Balaban J connectivity index is 0.000000887. The summed E-state index contributed by atoms with van der Waals surface area (Å²) >= 11 is 0. The number of nitriles is 1. The van der Waals surface area contributed by atoms with Crippen LogP contribution in [0.4, 0.5) is 9.59 Å². The maximum Gasteiger partial charge on any atom is 0.554 e. The Morgan fingerprint density at radius 3 is 1.60 bits per heavy atom. The van der Waals surface area contributed by atoms with Crippen molar-refractivity contribution in [1.29, 1.82) is 5.26 Å². The highest BCUT2D eigenvalue weighted by Crippen LogP contribution is 2.12. The van der Waals surface area contributed by atoms with Crippen molar-refractivity contribution in [2.75, 3.05) is 19.7 Å². The molecule has 2 amide bonds. The lowest BCUT2D eigenvalue weighted by Gasteiger charge is -2.27. The number of benzene rings is 2. The van der Waals surface area contributed by atoms with Crippen molar-refractivity contribution < 1.29 is 34.0 Å². The Labute approximate surface area is 325 Å². The van der Waals surface area contributed by atoms with E-state index < -0.39 is 47.7 Å². The molecule has 0 unspecified atom stereocenters. The number of aliphatic hydroxyl groups is 2. The standard InChI is InChI=1S/C19H24N4O3.C15H24N2O3.C6H6N2O/c1-19(2,3)26-18(25)23-16(10-14-8-6-5-7-9-14)17(24)13-22-12-15(11-20)21-4;1-15(2,3)20-14(19)17-12(13(18)10-16)9-11-7-5-4-6-8-11;1-4-9-5-6(7-2)8-3/h5-9,12,16-17,22,24H,10,13H2,1-3H3,(H,23,25);4-8,12-13,18H,9-10,16H2,1-3H3,(H,17,19);5H,4H2,1H3/b15-12-;;/t16-,17+;12-,13+;/m00./s1. The Morgan fingerprint density at radius 1 is 0.818 bits per heavy atom. The molecule has 7 N–H and O–H groups in total. The first-order chi connectivity index (χ1) is 25.9. The number of aliphatic hydroxyl groups excluding tert-OH is 2. The number of alkyl carbamates (subject to hydrolysis) is 2. The Hall–Kier alpha value is -6.10. The van der Waals surface area contributed by atoms with Gasteiger partial charge in [0.2, 0.25) is 0 Å². The molecule has 0 aliphatic rings. The molecular formula is C40H54N8O7. The average Bonchev–Trinajstić information content (AvgIpc) is 3.13. The van der Waals surface area contributed by atoms with E-state index in [1.165, 1.54) is 12.5 Å². The maximum atomic E-state index is 12.1. The molecule has 0 bridgehead atoms. The predicted molar refractivity (Wildman–Crippen MR) is 209 cm³/mol. The molecule has 0 saturated heterocycles. The number of amides is 2. The second-order valence-electron chi connectivity index (χ2n) is 13.6. The molecule has 0 heterocycles. The van der Waals surface area contributed by atoms with Crippen LogP contribution in [0, 0.1) is 31.0 Å². The summed E-state index contributed by atoms with van der Waals surface area (Å²) < 4.78 is 15.1. The molecule has 0 radical (unpaired) electrons. The van der Waals surface area contributed by atoms with Gasteiger partial charge >= 0.3 is 18.0 Å². The van der Waals surface area contributed by atoms with Crippen molar-refractivity contribution in [1.82, 2.24) is 16.0 Å². The number of ether oxygens (including phenoxy) is 3. The highest BCUT2D eigenvalue weighted by molar-refractivity contribution is 5.68. The average molecular weight is 759 g/mol. The van der Waals surface area contributed by atoms with Crippen LogP contribution in [0.2, 0.25) is 0 Å². The van der Waals surface area contributed by atoms with E-state index in [0.717, 1.165) is 11.1 Å². The Morgan fingerprint density at radius 2 is 1.25 bits per heavy atom. The van der Waals surface area contributed by atoms with Crippen molar-refractivity contribution >= 4 is 12.2 Å². The van der Waals surface area contributed by atoms with E-state index >= 15 is 0 Å². The van der Waals surface area contributed by atoms with E-state index in [1.807, 2.05) is 60.7 Å². The molecule has 2 rings (SSSR count). The van der Waals surface area contributed by atoms with Crippen molar-refractivity contribution in [3.05, 3.63) is 130 Å². The zero-order valence-corrected chi connectivity index (χ0v) is 32.6. The molecule has 55 heavy (non-hydrogen) atoms. The van der Waals surface area contributed by atoms with E-state index in [2.05, 4.69) is 35.2 Å². The summed E-state index contributed by atoms with van der Waals surface area (Å²) in [7, 11) is 0. The normalized spacial score (nSPS) is 12.8. The van der Waals surface area contributed by atoms with Gasteiger partial charge < -0.3 is 46.1 Å². The van der Waals surface area contributed by atoms with Crippen LogP contribution in [0.1, 0.15) is 59.6 Å². The van der Waals surface area contributed by atoms with Gasteiger partial charge in [-0.05, 0) is 72.4 Å². The van der Waals surface area contributed by atoms with Crippen molar-refractivity contribution in [2.24, 2.45) is 5.73 Å². The minimum atomic E-state index is -0.954. The molecule has 0 aromatic heterocycles. The SMILES string of the molecule is CC(C)(C)OC(=O)N[C@@H](Cc1ccccc1)[C@H](O)CN.[C-]#[N+]/C(C#N)=C\NC[C@@H](O)[C@H](Cc1ccccc1)NC(=O)OC(C)(C)C.[C-]#[N+]C(=COCC)[N+]#[C-]. The van der Waals surface area contributed by atoms with Crippen LogP contribution >= 0.6 is 0 Å². The summed E-state index contributed by atoms with van der Waals surface area (Å²) in [5.41, 5.74) is 6.11. The zero-order valence-electron chi connectivity index (χ0n) is 32.6. The first-order valence-electron chi connectivity index (χ1n) is 17.3. The lowest BCUT2D eigenvalue weighted by atomic mass is 10.0. The van der Waals surface area contributed by atoms with Crippen molar-refractivity contribution in [3.8, 4) is 6.07 Å². The lowest BCUT2D eigenvalue weighted by molar-refractivity contribution is 0.0419. The predicted octanol–water partition coefficient (Wildman–Crippen LogP) is 5.46. The molecule has 2 aromatic carbocycles. The number of nitrogens with zero attached hydrogens (tertiary/aromatic N) is 4. The highest BCUT2D eigenvalue weighted by Gasteiger charge is 2.26. The number of hydrogen-bond donors (Lipinski definition) is 6. The van der Waals surface area contributed by atoms with Crippen LogP contribution in [0.25, 0.3) is 14.5 Å². The summed E-state index contributed by atoms with van der Waals surface area (Å²) in [4.78, 5) is 32.6. The van der Waals surface area contributed by atoms with Gasteiger partial charge in [-0.3, -0.25) is 0 Å². The number of nitrogens with one attached hydrogen (secondary N) is 3.